The third kappa shape index (κ3) is 0.992. The predicted octanol–water partition coefficient (Wildman–Crippen LogP) is 1.03. The third-order valence-electron chi connectivity index (χ3n) is 1.52. The minimum absolute atomic E-state index is 0.167. The SMILES string of the molecule is CCC1=C(F)NCN1C. The summed E-state index contributed by atoms with van der Waals surface area (Å²) in [6, 6.07) is 0. The molecule has 0 saturated carbocycles. The van der Waals surface area contributed by atoms with E-state index in [0.29, 0.717) is 6.67 Å². The summed E-state index contributed by atoms with van der Waals surface area (Å²) in [7, 11) is 1.87. The average Bonchev–Trinajstić information content (AvgIpc) is 2.12. The Hall–Kier alpha value is -0.730. The van der Waals surface area contributed by atoms with Crippen molar-refractivity contribution in [1.82, 2.24) is 10.2 Å². The van der Waals surface area contributed by atoms with E-state index in [1.807, 2.05) is 18.9 Å². The van der Waals surface area contributed by atoms with Crippen molar-refractivity contribution in [2.24, 2.45) is 0 Å². The zero-order valence-electron chi connectivity index (χ0n) is 5.74. The van der Waals surface area contributed by atoms with Gasteiger partial charge in [0.25, 0.3) is 0 Å². The highest BCUT2D eigenvalue weighted by molar-refractivity contribution is 5.09. The normalized spacial score (nSPS) is 18.8. The number of allylic oxidation sites excluding steroid dienone is 1. The van der Waals surface area contributed by atoms with Gasteiger partial charge >= 0.3 is 0 Å². The first kappa shape index (κ1) is 6.39. The molecule has 3 heteroatoms. The number of nitrogens with one attached hydrogen (secondary N) is 1. The Balaban J connectivity index is 2.69. The summed E-state index contributed by atoms with van der Waals surface area (Å²) in [5, 5.41) is 2.61. The first-order valence-electron chi connectivity index (χ1n) is 3.09. The first-order valence-corrected chi connectivity index (χ1v) is 3.09. The highest BCUT2D eigenvalue weighted by atomic mass is 19.1. The fourth-order valence-electron chi connectivity index (χ4n) is 0.978. The lowest BCUT2D eigenvalue weighted by molar-refractivity contribution is 0.429. The summed E-state index contributed by atoms with van der Waals surface area (Å²) >= 11 is 0. The molecule has 1 heterocycles. The highest BCUT2D eigenvalue weighted by Crippen LogP contribution is 2.15. The molecule has 0 atom stereocenters. The minimum Gasteiger partial charge on any atom is -0.357 e. The van der Waals surface area contributed by atoms with Crippen molar-refractivity contribution < 1.29 is 4.39 Å². The van der Waals surface area contributed by atoms with Gasteiger partial charge in [0.05, 0.1) is 12.4 Å². The topological polar surface area (TPSA) is 15.3 Å². The van der Waals surface area contributed by atoms with Gasteiger partial charge in [-0.05, 0) is 6.42 Å². The third-order valence-corrected chi connectivity index (χ3v) is 1.52. The van der Waals surface area contributed by atoms with Crippen LogP contribution in [0.5, 0.6) is 0 Å². The second kappa shape index (κ2) is 2.25. The van der Waals surface area contributed by atoms with Gasteiger partial charge in [0, 0.05) is 7.05 Å². The van der Waals surface area contributed by atoms with Crippen molar-refractivity contribution in [2.75, 3.05) is 13.7 Å². The van der Waals surface area contributed by atoms with E-state index in [1.54, 1.807) is 0 Å². The van der Waals surface area contributed by atoms with Gasteiger partial charge in [-0.3, -0.25) is 0 Å². The standard InChI is InChI=1S/C6H11FN2/c1-3-5-6(7)8-4-9(5)2/h8H,3-4H2,1-2H3. The van der Waals surface area contributed by atoms with Crippen molar-refractivity contribution in [3.05, 3.63) is 11.6 Å². The maximum absolute atomic E-state index is 12.6. The molecule has 0 bridgehead atoms. The van der Waals surface area contributed by atoms with E-state index in [0.717, 1.165) is 12.1 Å². The molecule has 0 aliphatic carbocycles. The Kier molecular flexibility index (Phi) is 1.60. The van der Waals surface area contributed by atoms with E-state index in [2.05, 4.69) is 5.32 Å². The zero-order valence-corrected chi connectivity index (χ0v) is 5.74. The number of hydrogen-bond acceptors (Lipinski definition) is 2. The lowest BCUT2D eigenvalue weighted by Gasteiger charge is -2.10. The number of hydrogen-bond donors (Lipinski definition) is 1. The van der Waals surface area contributed by atoms with Gasteiger partial charge in [0.2, 0.25) is 5.95 Å². The zero-order chi connectivity index (χ0) is 6.85. The summed E-state index contributed by atoms with van der Waals surface area (Å²) in [6.45, 7) is 2.55. The lowest BCUT2D eigenvalue weighted by atomic mass is 10.3. The van der Waals surface area contributed by atoms with Gasteiger partial charge in [0.15, 0.2) is 0 Å². The molecule has 0 aromatic carbocycles. The monoisotopic (exact) mass is 130 g/mol. The Morgan fingerprint density at radius 3 is 2.67 bits per heavy atom. The minimum atomic E-state index is -0.167. The van der Waals surface area contributed by atoms with Crippen LogP contribution in [0.25, 0.3) is 0 Å². The van der Waals surface area contributed by atoms with Crippen LogP contribution in [-0.2, 0) is 0 Å². The largest absolute Gasteiger partial charge is 0.357 e. The Bertz CT molecular complexity index is 142. The molecule has 0 aromatic rings. The van der Waals surface area contributed by atoms with Crippen molar-refractivity contribution in [3.63, 3.8) is 0 Å². The van der Waals surface area contributed by atoms with Crippen LogP contribution in [0.2, 0.25) is 0 Å². The molecule has 2 nitrogen and oxygen atoms in total. The number of halogens is 1. The van der Waals surface area contributed by atoms with Crippen LogP contribution in [0.15, 0.2) is 11.6 Å². The molecule has 0 saturated heterocycles. The Morgan fingerprint density at radius 1 is 1.78 bits per heavy atom. The summed E-state index contributed by atoms with van der Waals surface area (Å²) < 4.78 is 12.6. The molecule has 1 aliphatic heterocycles. The van der Waals surface area contributed by atoms with Crippen LogP contribution < -0.4 is 5.32 Å². The summed E-state index contributed by atoms with van der Waals surface area (Å²) in [5.41, 5.74) is 0.773. The van der Waals surface area contributed by atoms with E-state index in [1.165, 1.54) is 0 Å². The highest BCUT2D eigenvalue weighted by Gasteiger charge is 2.15. The van der Waals surface area contributed by atoms with Crippen LogP contribution >= 0.6 is 0 Å². The van der Waals surface area contributed by atoms with Crippen LogP contribution in [0.1, 0.15) is 13.3 Å². The van der Waals surface area contributed by atoms with Crippen molar-refractivity contribution >= 4 is 0 Å². The molecule has 1 N–H and O–H groups in total. The predicted molar refractivity (Wildman–Crippen MR) is 34.2 cm³/mol. The molecule has 9 heavy (non-hydrogen) atoms. The van der Waals surface area contributed by atoms with Gasteiger partial charge in [-0.1, -0.05) is 6.92 Å². The fourth-order valence-corrected chi connectivity index (χ4v) is 0.978. The molecular weight excluding hydrogens is 119 g/mol. The number of nitrogens with zero attached hydrogens (tertiary/aromatic N) is 1. The van der Waals surface area contributed by atoms with E-state index in [9.17, 15) is 4.39 Å². The van der Waals surface area contributed by atoms with E-state index in [4.69, 9.17) is 0 Å². The van der Waals surface area contributed by atoms with Crippen molar-refractivity contribution in [3.8, 4) is 0 Å². The fraction of sp³-hybridized carbons (Fsp3) is 0.667. The van der Waals surface area contributed by atoms with Gasteiger partial charge in [-0.2, -0.15) is 4.39 Å². The summed E-state index contributed by atoms with van der Waals surface area (Å²) in [4.78, 5) is 1.87. The van der Waals surface area contributed by atoms with Gasteiger partial charge < -0.3 is 10.2 Å². The van der Waals surface area contributed by atoms with Crippen LogP contribution in [-0.4, -0.2) is 18.6 Å². The second-order valence-corrected chi connectivity index (χ2v) is 2.15. The molecule has 0 fully saturated rings. The molecule has 1 rings (SSSR count). The summed E-state index contributed by atoms with van der Waals surface area (Å²) in [5.74, 6) is -0.167. The van der Waals surface area contributed by atoms with Crippen LogP contribution in [0, 0.1) is 0 Å². The molecule has 0 amide bonds. The number of rotatable bonds is 1. The first-order chi connectivity index (χ1) is 4.25. The van der Waals surface area contributed by atoms with Gasteiger partial charge in [-0.15, -0.1) is 0 Å². The molecule has 0 radical (unpaired) electrons. The summed E-state index contributed by atoms with van der Waals surface area (Å²) in [6.07, 6.45) is 0.759. The maximum Gasteiger partial charge on any atom is 0.207 e. The average molecular weight is 130 g/mol. The maximum atomic E-state index is 12.6. The van der Waals surface area contributed by atoms with Crippen LogP contribution in [0.3, 0.4) is 0 Å². The molecule has 0 spiro atoms. The molecule has 1 aliphatic rings. The van der Waals surface area contributed by atoms with E-state index < -0.39 is 0 Å². The van der Waals surface area contributed by atoms with E-state index in [-0.39, 0.29) is 5.95 Å². The van der Waals surface area contributed by atoms with Gasteiger partial charge in [-0.25, -0.2) is 0 Å². The van der Waals surface area contributed by atoms with Crippen molar-refractivity contribution in [2.45, 2.75) is 13.3 Å². The Morgan fingerprint density at radius 2 is 2.44 bits per heavy atom. The quantitative estimate of drug-likeness (QED) is 0.533. The molecule has 0 unspecified atom stereocenters. The molecular formula is C6H11FN2. The second-order valence-electron chi connectivity index (χ2n) is 2.15. The lowest BCUT2D eigenvalue weighted by Crippen LogP contribution is -2.18. The smallest absolute Gasteiger partial charge is 0.207 e. The molecule has 52 valence electrons. The molecule has 0 aromatic heterocycles. The van der Waals surface area contributed by atoms with Gasteiger partial charge in [0.1, 0.15) is 0 Å². The van der Waals surface area contributed by atoms with Crippen LogP contribution in [0.4, 0.5) is 4.39 Å². The van der Waals surface area contributed by atoms with Crippen molar-refractivity contribution in [1.29, 1.82) is 0 Å². The Labute approximate surface area is 54.3 Å². The van der Waals surface area contributed by atoms with E-state index >= 15 is 0 Å².